The molecule has 0 atom stereocenters. The van der Waals surface area contributed by atoms with Crippen LogP contribution in [-0.2, 0) is 20.1 Å². The summed E-state index contributed by atoms with van der Waals surface area (Å²) in [6.45, 7) is 8.15. The molecule has 33 heavy (non-hydrogen) atoms. The van der Waals surface area contributed by atoms with Gasteiger partial charge in [0.15, 0.2) is 0 Å². The number of carbonyl (C=O) groups is 1. The molecule has 176 valence electrons. The van der Waals surface area contributed by atoms with E-state index in [-0.39, 0.29) is 5.91 Å². The minimum Gasteiger partial charge on any atom is -0.494 e. The molecule has 0 aliphatic rings. The van der Waals surface area contributed by atoms with Crippen molar-refractivity contribution in [2.75, 3.05) is 19.8 Å². The highest BCUT2D eigenvalue weighted by Gasteiger charge is 2.12. The predicted octanol–water partition coefficient (Wildman–Crippen LogP) is 3.48. The second-order valence-electron chi connectivity index (χ2n) is 7.52. The van der Waals surface area contributed by atoms with Crippen LogP contribution in [0.3, 0.4) is 0 Å². The fourth-order valence-electron chi connectivity index (χ4n) is 3.50. The normalized spacial score (nSPS) is 10.7. The van der Waals surface area contributed by atoms with Crippen molar-refractivity contribution in [2.24, 2.45) is 7.05 Å². The number of hydrogen-bond acceptors (Lipinski definition) is 5. The van der Waals surface area contributed by atoms with E-state index in [9.17, 15) is 4.79 Å². The first-order valence-corrected chi connectivity index (χ1v) is 11.1. The second kappa shape index (κ2) is 11.3. The van der Waals surface area contributed by atoms with Crippen LogP contribution in [0.5, 0.6) is 17.2 Å². The van der Waals surface area contributed by atoms with Crippen LogP contribution in [0.1, 0.15) is 42.3 Å². The molecule has 8 nitrogen and oxygen atoms in total. The van der Waals surface area contributed by atoms with Crippen molar-refractivity contribution in [1.82, 2.24) is 14.5 Å². The number of nitrogens with zero attached hydrogens (tertiary/aromatic N) is 2. The first-order valence-electron chi connectivity index (χ1n) is 11.1. The van der Waals surface area contributed by atoms with Gasteiger partial charge in [0.1, 0.15) is 17.2 Å². The zero-order valence-corrected chi connectivity index (χ0v) is 19.7. The predicted molar refractivity (Wildman–Crippen MR) is 126 cm³/mol. The van der Waals surface area contributed by atoms with E-state index in [2.05, 4.69) is 5.32 Å². The second-order valence-corrected chi connectivity index (χ2v) is 7.52. The number of imidazole rings is 1. The van der Waals surface area contributed by atoms with Gasteiger partial charge in [-0.15, -0.1) is 0 Å². The zero-order chi connectivity index (χ0) is 23.8. The van der Waals surface area contributed by atoms with Crippen molar-refractivity contribution in [3.05, 3.63) is 71.1 Å². The summed E-state index contributed by atoms with van der Waals surface area (Å²) in [6.07, 6.45) is 3.67. The summed E-state index contributed by atoms with van der Waals surface area (Å²) >= 11 is 0. The number of nitrogens with one attached hydrogen (secondary N) is 2. The molecule has 1 amide bonds. The Bertz CT molecular complexity index is 1130. The molecule has 0 unspecified atom stereocenters. The van der Waals surface area contributed by atoms with E-state index >= 15 is 0 Å². The Morgan fingerprint density at radius 2 is 1.42 bits per heavy atom. The first-order chi connectivity index (χ1) is 15.9. The van der Waals surface area contributed by atoms with Gasteiger partial charge in [0.05, 0.1) is 26.4 Å². The smallest absolute Gasteiger partial charge is 0.251 e. The van der Waals surface area contributed by atoms with Gasteiger partial charge in [-0.1, -0.05) is 0 Å². The summed E-state index contributed by atoms with van der Waals surface area (Å²) in [5.41, 5.74) is 2.65. The van der Waals surface area contributed by atoms with Crippen molar-refractivity contribution < 1.29 is 19.0 Å². The third-order valence-electron chi connectivity index (χ3n) is 4.98. The standard InChI is InChI=1S/C25H32N4O4/c1-5-31-21-13-19(17-29-9-8-28(4)25(29)26)10-20(14-21)24(30)27-16-18-11-22(32-6-2)15-23(12-18)33-7-3/h8-15,26H,5-7,16-17H2,1-4H3,(H,27,30). The average molecular weight is 453 g/mol. The first kappa shape index (κ1) is 24.0. The van der Waals surface area contributed by atoms with Crippen molar-refractivity contribution in [3.63, 3.8) is 0 Å². The number of benzene rings is 2. The monoisotopic (exact) mass is 452 g/mol. The molecule has 0 radical (unpaired) electrons. The van der Waals surface area contributed by atoms with E-state index in [1.54, 1.807) is 15.2 Å². The van der Waals surface area contributed by atoms with Gasteiger partial charge in [0.25, 0.3) is 5.91 Å². The van der Waals surface area contributed by atoms with Gasteiger partial charge in [-0.25, -0.2) is 0 Å². The third-order valence-corrected chi connectivity index (χ3v) is 4.98. The molecule has 0 fully saturated rings. The number of aryl methyl sites for hydroxylation is 1. The van der Waals surface area contributed by atoms with Crippen molar-refractivity contribution in [1.29, 1.82) is 5.41 Å². The van der Waals surface area contributed by atoms with Crippen LogP contribution in [0.15, 0.2) is 48.8 Å². The summed E-state index contributed by atoms with van der Waals surface area (Å²) < 4.78 is 20.5. The molecule has 2 aromatic carbocycles. The Morgan fingerprint density at radius 1 is 0.848 bits per heavy atom. The average Bonchev–Trinajstić information content (AvgIpc) is 3.10. The van der Waals surface area contributed by atoms with Crippen molar-refractivity contribution >= 4 is 5.91 Å². The fraction of sp³-hybridized carbons (Fsp3) is 0.360. The van der Waals surface area contributed by atoms with E-state index in [0.29, 0.717) is 61.3 Å². The quantitative estimate of drug-likeness (QED) is 0.466. The van der Waals surface area contributed by atoms with Crippen molar-refractivity contribution in [2.45, 2.75) is 33.9 Å². The van der Waals surface area contributed by atoms with Gasteiger partial charge in [0.2, 0.25) is 5.62 Å². The fourth-order valence-corrected chi connectivity index (χ4v) is 3.50. The Labute approximate surface area is 194 Å². The molecule has 0 aliphatic carbocycles. The summed E-state index contributed by atoms with van der Waals surface area (Å²) in [6, 6.07) is 11.1. The number of hydrogen-bond donors (Lipinski definition) is 2. The lowest BCUT2D eigenvalue weighted by Gasteiger charge is -2.13. The third kappa shape index (κ3) is 6.41. The molecular weight excluding hydrogens is 420 g/mol. The number of ether oxygens (including phenoxy) is 3. The molecule has 0 aliphatic heterocycles. The Morgan fingerprint density at radius 3 is 1.97 bits per heavy atom. The largest absolute Gasteiger partial charge is 0.494 e. The molecule has 3 aromatic rings. The molecule has 0 bridgehead atoms. The molecule has 2 N–H and O–H groups in total. The van der Waals surface area contributed by atoms with Crippen LogP contribution in [0, 0.1) is 5.41 Å². The molecule has 3 rings (SSSR count). The van der Waals surface area contributed by atoms with Gasteiger partial charge in [-0.2, -0.15) is 0 Å². The summed E-state index contributed by atoms with van der Waals surface area (Å²) in [4.78, 5) is 13.0. The summed E-state index contributed by atoms with van der Waals surface area (Å²) in [7, 11) is 1.83. The molecule has 1 heterocycles. The molecule has 8 heteroatoms. The van der Waals surface area contributed by atoms with Gasteiger partial charge in [0, 0.05) is 37.6 Å². The lowest BCUT2D eigenvalue weighted by atomic mass is 10.1. The lowest BCUT2D eigenvalue weighted by molar-refractivity contribution is 0.0950. The SMILES string of the molecule is CCOc1cc(CNC(=O)c2cc(Cn3ccn(C)c3=N)cc(OCC)c2)cc(OCC)c1. The van der Waals surface area contributed by atoms with Crippen LogP contribution in [0.4, 0.5) is 0 Å². The lowest BCUT2D eigenvalue weighted by Crippen LogP contribution is -2.24. The maximum absolute atomic E-state index is 13.0. The highest BCUT2D eigenvalue weighted by atomic mass is 16.5. The maximum Gasteiger partial charge on any atom is 0.251 e. The van der Waals surface area contributed by atoms with Gasteiger partial charge >= 0.3 is 0 Å². The number of carbonyl (C=O) groups excluding carboxylic acids is 1. The van der Waals surface area contributed by atoms with Crippen LogP contribution < -0.4 is 25.1 Å². The minimum atomic E-state index is -0.207. The van der Waals surface area contributed by atoms with Crippen LogP contribution in [0.2, 0.25) is 0 Å². The van der Waals surface area contributed by atoms with E-state index < -0.39 is 0 Å². The van der Waals surface area contributed by atoms with Gasteiger partial charge < -0.3 is 28.7 Å². The zero-order valence-electron chi connectivity index (χ0n) is 19.7. The molecule has 0 spiro atoms. The number of rotatable bonds is 11. The van der Waals surface area contributed by atoms with Crippen LogP contribution >= 0.6 is 0 Å². The van der Waals surface area contributed by atoms with Crippen LogP contribution in [-0.4, -0.2) is 34.9 Å². The van der Waals surface area contributed by atoms with Crippen LogP contribution in [0.25, 0.3) is 0 Å². The van der Waals surface area contributed by atoms with E-state index in [4.69, 9.17) is 19.6 Å². The molecule has 1 aromatic heterocycles. The van der Waals surface area contributed by atoms with E-state index in [1.807, 2.05) is 70.5 Å². The molecule has 0 saturated carbocycles. The Hall–Kier alpha value is -3.68. The molecule has 0 saturated heterocycles. The summed E-state index contributed by atoms with van der Waals surface area (Å²) in [5, 5.41) is 11.1. The summed E-state index contributed by atoms with van der Waals surface area (Å²) in [5.74, 6) is 1.83. The highest BCUT2D eigenvalue weighted by molar-refractivity contribution is 5.94. The Kier molecular flexibility index (Phi) is 8.18. The van der Waals surface area contributed by atoms with Gasteiger partial charge in [-0.3, -0.25) is 10.2 Å². The maximum atomic E-state index is 13.0. The van der Waals surface area contributed by atoms with E-state index in [1.165, 1.54) is 0 Å². The molecular formula is C25H32N4O4. The number of aromatic nitrogens is 2. The van der Waals surface area contributed by atoms with E-state index in [0.717, 1.165) is 11.1 Å². The van der Waals surface area contributed by atoms with Gasteiger partial charge in [-0.05, 0) is 62.2 Å². The minimum absolute atomic E-state index is 0.207. The number of amides is 1. The van der Waals surface area contributed by atoms with Crippen molar-refractivity contribution in [3.8, 4) is 17.2 Å². The highest BCUT2D eigenvalue weighted by Crippen LogP contribution is 2.24. The Balaban J connectivity index is 1.79. The topological polar surface area (TPSA) is 90.5 Å².